The normalized spacial score (nSPS) is 13.5. The van der Waals surface area contributed by atoms with Gasteiger partial charge in [0.25, 0.3) is 0 Å². The average molecular weight is 399 g/mol. The zero-order valence-electron chi connectivity index (χ0n) is 17.1. The van der Waals surface area contributed by atoms with E-state index in [-0.39, 0.29) is 6.03 Å². The van der Waals surface area contributed by atoms with Crippen LogP contribution in [0.15, 0.2) is 42.5 Å². The van der Waals surface area contributed by atoms with E-state index < -0.39 is 0 Å². The molecule has 0 spiro atoms. The Kier molecular flexibility index (Phi) is 7.44. The molecule has 1 fully saturated rings. The third-order valence-electron chi connectivity index (χ3n) is 4.86. The molecule has 0 radical (unpaired) electrons. The number of nitrogens with zero attached hydrogens (tertiary/aromatic N) is 1. The van der Waals surface area contributed by atoms with Crippen LogP contribution < -0.4 is 29.7 Å². The Morgan fingerprint density at radius 2 is 1.69 bits per heavy atom. The summed E-state index contributed by atoms with van der Waals surface area (Å²) in [6, 6.07) is 13.1. The smallest absolute Gasteiger partial charge is 0.319 e. The van der Waals surface area contributed by atoms with Crippen LogP contribution in [0.5, 0.6) is 17.2 Å². The Bertz CT molecular complexity index is 789. The average Bonchev–Trinajstić information content (AvgIpc) is 2.77. The molecule has 2 aromatic carbocycles. The monoisotopic (exact) mass is 399 g/mol. The minimum atomic E-state index is -0.267. The summed E-state index contributed by atoms with van der Waals surface area (Å²) < 4.78 is 16.3. The molecule has 1 heterocycles. The molecule has 2 amide bonds. The van der Waals surface area contributed by atoms with Gasteiger partial charge in [-0.1, -0.05) is 6.07 Å². The fraction of sp³-hybridized carbons (Fsp3) is 0.409. The Labute approximate surface area is 171 Å². The van der Waals surface area contributed by atoms with Crippen LogP contribution >= 0.6 is 0 Å². The number of para-hydroxylation sites is 1. The van der Waals surface area contributed by atoms with E-state index in [1.165, 1.54) is 24.9 Å². The molecule has 156 valence electrons. The van der Waals surface area contributed by atoms with Gasteiger partial charge < -0.3 is 29.7 Å². The van der Waals surface area contributed by atoms with E-state index in [4.69, 9.17) is 14.2 Å². The fourth-order valence-electron chi connectivity index (χ4n) is 3.38. The summed E-state index contributed by atoms with van der Waals surface area (Å²) in [5.41, 5.74) is 1.97. The van der Waals surface area contributed by atoms with E-state index >= 15 is 0 Å². The van der Waals surface area contributed by atoms with Gasteiger partial charge in [-0.25, -0.2) is 4.79 Å². The van der Waals surface area contributed by atoms with Crippen LogP contribution in [0.2, 0.25) is 0 Å². The summed E-state index contributed by atoms with van der Waals surface area (Å²) in [6.07, 6.45) is 3.79. The van der Waals surface area contributed by atoms with Crippen molar-refractivity contribution < 1.29 is 19.0 Å². The Morgan fingerprint density at radius 3 is 2.38 bits per heavy atom. The second-order valence-electron chi connectivity index (χ2n) is 6.82. The van der Waals surface area contributed by atoms with Crippen molar-refractivity contribution in [2.75, 3.05) is 50.7 Å². The first-order valence-corrected chi connectivity index (χ1v) is 9.95. The van der Waals surface area contributed by atoms with Crippen molar-refractivity contribution in [3.8, 4) is 17.2 Å². The van der Waals surface area contributed by atoms with Crippen LogP contribution in [0, 0.1) is 0 Å². The molecule has 2 N–H and O–H groups in total. The highest BCUT2D eigenvalue weighted by Crippen LogP contribution is 2.36. The highest BCUT2D eigenvalue weighted by Gasteiger charge is 2.12. The molecule has 29 heavy (non-hydrogen) atoms. The predicted octanol–water partition coefficient (Wildman–Crippen LogP) is 3.89. The topological polar surface area (TPSA) is 72.1 Å². The maximum absolute atomic E-state index is 12.1. The number of nitrogens with one attached hydrogen (secondary N) is 2. The van der Waals surface area contributed by atoms with Crippen molar-refractivity contribution in [1.29, 1.82) is 0 Å². The number of carbonyl (C=O) groups is 1. The highest BCUT2D eigenvalue weighted by atomic mass is 16.5. The second kappa shape index (κ2) is 10.5. The number of ether oxygens (including phenoxy) is 3. The molecule has 1 saturated heterocycles. The SMILES string of the molecule is COc1cccc(OCCNC(=O)Nc2ccc(N3CCCCC3)cc2)c1OC. The first-order chi connectivity index (χ1) is 14.2. The third-order valence-corrected chi connectivity index (χ3v) is 4.86. The largest absolute Gasteiger partial charge is 0.493 e. The standard InChI is InChI=1S/C22H29N3O4/c1-27-19-7-6-8-20(21(19)28-2)29-16-13-23-22(26)24-17-9-11-18(12-10-17)25-14-4-3-5-15-25/h6-12H,3-5,13-16H2,1-2H3,(H2,23,24,26). The zero-order valence-corrected chi connectivity index (χ0v) is 17.1. The highest BCUT2D eigenvalue weighted by molar-refractivity contribution is 5.89. The van der Waals surface area contributed by atoms with Crippen LogP contribution in [-0.4, -0.2) is 46.5 Å². The van der Waals surface area contributed by atoms with E-state index in [0.717, 1.165) is 18.8 Å². The van der Waals surface area contributed by atoms with Gasteiger partial charge in [0.15, 0.2) is 11.5 Å². The second-order valence-corrected chi connectivity index (χ2v) is 6.82. The van der Waals surface area contributed by atoms with Gasteiger partial charge in [-0.2, -0.15) is 0 Å². The van der Waals surface area contributed by atoms with Crippen molar-refractivity contribution in [2.24, 2.45) is 0 Å². The first kappa shape index (κ1) is 20.6. The van der Waals surface area contributed by atoms with E-state index in [2.05, 4.69) is 27.7 Å². The van der Waals surface area contributed by atoms with E-state index in [1.807, 2.05) is 18.2 Å². The lowest BCUT2D eigenvalue weighted by molar-refractivity contribution is 0.245. The minimum absolute atomic E-state index is 0.267. The number of piperidine rings is 1. The summed E-state index contributed by atoms with van der Waals surface area (Å²) in [5.74, 6) is 1.71. The Hall–Kier alpha value is -3.09. The van der Waals surface area contributed by atoms with Crippen molar-refractivity contribution in [3.63, 3.8) is 0 Å². The zero-order chi connectivity index (χ0) is 20.5. The van der Waals surface area contributed by atoms with Crippen molar-refractivity contribution in [2.45, 2.75) is 19.3 Å². The van der Waals surface area contributed by atoms with E-state index in [9.17, 15) is 4.79 Å². The molecule has 0 bridgehead atoms. The molecular weight excluding hydrogens is 370 g/mol. The summed E-state index contributed by atoms with van der Waals surface area (Å²) >= 11 is 0. The number of amides is 2. The van der Waals surface area contributed by atoms with Gasteiger partial charge in [0.1, 0.15) is 6.61 Å². The summed E-state index contributed by atoms with van der Waals surface area (Å²) in [5, 5.41) is 5.63. The van der Waals surface area contributed by atoms with Gasteiger partial charge in [-0.3, -0.25) is 0 Å². The van der Waals surface area contributed by atoms with Gasteiger partial charge in [-0.05, 0) is 55.7 Å². The van der Waals surface area contributed by atoms with Gasteiger partial charge in [-0.15, -0.1) is 0 Å². The molecule has 1 aliphatic rings. The molecule has 0 unspecified atom stereocenters. The molecule has 0 atom stereocenters. The number of hydrogen-bond acceptors (Lipinski definition) is 5. The number of rotatable bonds is 8. The quantitative estimate of drug-likeness (QED) is 0.659. The van der Waals surface area contributed by atoms with Crippen molar-refractivity contribution >= 4 is 17.4 Å². The van der Waals surface area contributed by atoms with Crippen LogP contribution in [0.1, 0.15) is 19.3 Å². The molecule has 0 aromatic heterocycles. The maximum Gasteiger partial charge on any atom is 0.319 e. The number of anilines is 2. The van der Waals surface area contributed by atoms with Crippen molar-refractivity contribution in [1.82, 2.24) is 5.32 Å². The fourth-order valence-corrected chi connectivity index (χ4v) is 3.38. The maximum atomic E-state index is 12.1. The molecule has 2 aromatic rings. The molecule has 0 saturated carbocycles. The first-order valence-electron chi connectivity index (χ1n) is 9.95. The van der Waals surface area contributed by atoms with E-state index in [0.29, 0.717) is 30.4 Å². The number of benzene rings is 2. The Balaban J connectivity index is 1.42. The molecule has 0 aliphatic carbocycles. The van der Waals surface area contributed by atoms with Crippen LogP contribution in [0.25, 0.3) is 0 Å². The predicted molar refractivity (Wildman–Crippen MR) is 115 cm³/mol. The lowest BCUT2D eigenvalue weighted by Gasteiger charge is -2.28. The lowest BCUT2D eigenvalue weighted by Crippen LogP contribution is -2.32. The molecule has 3 rings (SSSR count). The lowest BCUT2D eigenvalue weighted by atomic mass is 10.1. The summed E-state index contributed by atoms with van der Waals surface area (Å²) in [7, 11) is 3.14. The molecule has 7 nitrogen and oxygen atoms in total. The van der Waals surface area contributed by atoms with Crippen LogP contribution in [0.3, 0.4) is 0 Å². The molecular formula is C22H29N3O4. The summed E-state index contributed by atoms with van der Waals surface area (Å²) in [4.78, 5) is 14.5. The molecule has 7 heteroatoms. The third kappa shape index (κ3) is 5.70. The van der Waals surface area contributed by atoms with E-state index in [1.54, 1.807) is 26.4 Å². The van der Waals surface area contributed by atoms with Crippen LogP contribution in [-0.2, 0) is 0 Å². The van der Waals surface area contributed by atoms with Gasteiger partial charge in [0, 0.05) is 24.5 Å². The van der Waals surface area contributed by atoms with Gasteiger partial charge in [0.05, 0.1) is 20.8 Å². The van der Waals surface area contributed by atoms with Crippen LogP contribution in [0.4, 0.5) is 16.2 Å². The molecule has 1 aliphatic heterocycles. The minimum Gasteiger partial charge on any atom is -0.493 e. The number of hydrogen-bond donors (Lipinski definition) is 2. The number of carbonyl (C=O) groups excluding carboxylic acids is 1. The van der Waals surface area contributed by atoms with Gasteiger partial charge in [0.2, 0.25) is 5.75 Å². The summed E-state index contributed by atoms with van der Waals surface area (Å²) in [6.45, 7) is 2.87. The van der Waals surface area contributed by atoms with Crippen molar-refractivity contribution in [3.05, 3.63) is 42.5 Å². The Morgan fingerprint density at radius 1 is 0.966 bits per heavy atom. The number of methoxy groups -OCH3 is 2. The number of urea groups is 1. The van der Waals surface area contributed by atoms with Gasteiger partial charge >= 0.3 is 6.03 Å².